The fraction of sp³-hybridized carbons (Fsp3) is 0.375. The van der Waals surface area contributed by atoms with Crippen molar-refractivity contribution in [1.29, 1.82) is 0 Å². The summed E-state index contributed by atoms with van der Waals surface area (Å²) in [6.07, 6.45) is 4.85. The molecule has 1 unspecified atom stereocenters. The van der Waals surface area contributed by atoms with Gasteiger partial charge < -0.3 is 15.2 Å². The lowest BCUT2D eigenvalue weighted by atomic mass is 10.1. The van der Waals surface area contributed by atoms with Crippen molar-refractivity contribution in [2.24, 2.45) is 0 Å². The van der Waals surface area contributed by atoms with Crippen LogP contribution in [0.4, 0.5) is 0 Å². The van der Waals surface area contributed by atoms with E-state index < -0.39 is 0 Å². The average molecular weight is 319 g/mol. The van der Waals surface area contributed by atoms with Crippen LogP contribution in [0.2, 0.25) is 5.02 Å². The molecule has 0 aliphatic carbocycles. The van der Waals surface area contributed by atoms with Crippen LogP contribution in [0.25, 0.3) is 0 Å². The van der Waals surface area contributed by atoms with Crippen LogP contribution in [0, 0.1) is 0 Å². The molecule has 6 heteroatoms. The number of nitrogens with one attached hydrogen (secondary N) is 2. The molecule has 5 nitrogen and oxygen atoms in total. The maximum absolute atomic E-state index is 12.1. The van der Waals surface area contributed by atoms with Gasteiger partial charge >= 0.3 is 0 Å². The van der Waals surface area contributed by atoms with Crippen LogP contribution < -0.4 is 5.32 Å². The Morgan fingerprint density at radius 1 is 1.45 bits per heavy atom. The molecule has 1 aliphatic heterocycles. The Hall–Kier alpha value is -1.85. The van der Waals surface area contributed by atoms with Crippen LogP contribution in [0.3, 0.4) is 0 Å². The van der Waals surface area contributed by atoms with Gasteiger partial charge in [-0.15, -0.1) is 0 Å². The zero-order valence-corrected chi connectivity index (χ0v) is 13.0. The van der Waals surface area contributed by atoms with Crippen molar-refractivity contribution < 1.29 is 4.79 Å². The van der Waals surface area contributed by atoms with Gasteiger partial charge in [0.2, 0.25) is 5.91 Å². The Balaban J connectivity index is 1.47. The van der Waals surface area contributed by atoms with Crippen molar-refractivity contribution in [2.75, 3.05) is 13.1 Å². The maximum atomic E-state index is 12.1. The number of rotatable bonds is 6. The second-order valence-electron chi connectivity index (χ2n) is 5.58. The minimum atomic E-state index is 0.204. The molecular weight excluding hydrogens is 300 g/mol. The number of nitrogens with zero attached hydrogens (tertiary/aromatic N) is 2. The SMILES string of the molecule is O=C1CC(NCc2cnc[nH]2)CN1CCc1cccc(Cl)c1. The molecular formula is C16H19ClN4O. The zero-order chi connectivity index (χ0) is 15.4. The number of likely N-dealkylation sites (tertiary alicyclic amines) is 1. The highest BCUT2D eigenvalue weighted by atomic mass is 35.5. The number of benzene rings is 1. The number of carbonyl (C=O) groups excluding carboxylic acids is 1. The lowest BCUT2D eigenvalue weighted by molar-refractivity contribution is -0.127. The number of imidazole rings is 1. The summed E-state index contributed by atoms with van der Waals surface area (Å²) in [5.74, 6) is 0.212. The van der Waals surface area contributed by atoms with Gasteiger partial charge in [0, 0.05) is 49.0 Å². The molecule has 2 heterocycles. The highest BCUT2D eigenvalue weighted by molar-refractivity contribution is 6.30. The highest BCUT2D eigenvalue weighted by Crippen LogP contribution is 2.15. The standard InChI is InChI=1S/C16H19ClN4O/c17-13-3-1-2-12(6-13)4-5-21-10-14(7-16(21)22)19-9-15-8-18-11-20-15/h1-3,6,8,11,14,19H,4-5,7,9-10H2,(H,18,20). The molecule has 1 saturated heterocycles. The fourth-order valence-corrected chi connectivity index (χ4v) is 2.93. The molecule has 0 bridgehead atoms. The lowest BCUT2D eigenvalue weighted by Crippen LogP contribution is -2.33. The summed E-state index contributed by atoms with van der Waals surface area (Å²) in [5.41, 5.74) is 2.19. The number of hydrogen-bond donors (Lipinski definition) is 2. The summed E-state index contributed by atoms with van der Waals surface area (Å²) in [4.78, 5) is 21.0. The largest absolute Gasteiger partial charge is 0.347 e. The first-order valence-corrected chi connectivity index (χ1v) is 7.81. The predicted molar refractivity (Wildman–Crippen MR) is 85.6 cm³/mol. The summed E-state index contributed by atoms with van der Waals surface area (Å²) in [6.45, 7) is 2.20. The van der Waals surface area contributed by atoms with Crippen LogP contribution >= 0.6 is 11.6 Å². The third kappa shape index (κ3) is 3.87. The minimum Gasteiger partial charge on any atom is -0.347 e. The van der Waals surface area contributed by atoms with E-state index >= 15 is 0 Å². The Labute approximate surface area is 134 Å². The second-order valence-corrected chi connectivity index (χ2v) is 6.01. The fourth-order valence-electron chi connectivity index (χ4n) is 2.72. The van der Waals surface area contributed by atoms with Crippen molar-refractivity contribution >= 4 is 17.5 Å². The maximum Gasteiger partial charge on any atom is 0.224 e. The Bertz CT molecular complexity index is 629. The Morgan fingerprint density at radius 2 is 2.36 bits per heavy atom. The van der Waals surface area contributed by atoms with Gasteiger partial charge in [0.1, 0.15) is 0 Å². The number of aromatic amines is 1. The minimum absolute atomic E-state index is 0.204. The highest BCUT2D eigenvalue weighted by Gasteiger charge is 2.28. The van der Waals surface area contributed by atoms with Crippen molar-refractivity contribution in [3.05, 3.63) is 53.1 Å². The second kappa shape index (κ2) is 6.94. The summed E-state index contributed by atoms with van der Waals surface area (Å²) in [6, 6.07) is 8.01. The van der Waals surface area contributed by atoms with E-state index in [-0.39, 0.29) is 11.9 Å². The van der Waals surface area contributed by atoms with E-state index in [1.165, 1.54) is 0 Å². The quantitative estimate of drug-likeness (QED) is 0.856. The Kier molecular flexibility index (Phi) is 4.75. The summed E-state index contributed by atoms with van der Waals surface area (Å²) < 4.78 is 0. The molecule has 3 rings (SSSR count). The number of hydrogen-bond acceptors (Lipinski definition) is 3. The van der Waals surface area contributed by atoms with Crippen molar-refractivity contribution in [2.45, 2.75) is 25.4 Å². The summed E-state index contributed by atoms with van der Waals surface area (Å²) in [5, 5.41) is 4.14. The molecule has 1 fully saturated rings. The first-order chi connectivity index (χ1) is 10.7. The molecule has 1 aliphatic rings. The molecule has 1 aromatic heterocycles. The lowest BCUT2D eigenvalue weighted by Gasteiger charge is -2.17. The van der Waals surface area contributed by atoms with Crippen molar-refractivity contribution in [1.82, 2.24) is 20.2 Å². The van der Waals surface area contributed by atoms with E-state index in [0.717, 1.165) is 35.8 Å². The molecule has 0 spiro atoms. The van der Waals surface area contributed by atoms with E-state index in [2.05, 4.69) is 15.3 Å². The molecule has 2 aromatic rings. The van der Waals surface area contributed by atoms with Gasteiger partial charge in [-0.1, -0.05) is 23.7 Å². The van der Waals surface area contributed by atoms with E-state index in [0.29, 0.717) is 13.0 Å². The van der Waals surface area contributed by atoms with Crippen LogP contribution in [0.15, 0.2) is 36.8 Å². The summed E-state index contributed by atoms with van der Waals surface area (Å²) >= 11 is 5.98. The van der Waals surface area contributed by atoms with E-state index in [1.807, 2.05) is 29.2 Å². The molecule has 2 N–H and O–H groups in total. The summed E-state index contributed by atoms with van der Waals surface area (Å²) in [7, 11) is 0. The van der Waals surface area contributed by atoms with Gasteiger partial charge in [-0.25, -0.2) is 4.98 Å². The average Bonchev–Trinajstić information content (AvgIpc) is 3.13. The number of aromatic nitrogens is 2. The normalized spacial score (nSPS) is 18.1. The van der Waals surface area contributed by atoms with Gasteiger partial charge in [-0.2, -0.15) is 0 Å². The molecule has 1 atom stereocenters. The van der Waals surface area contributed by atoms with Gasteiger partial charge in [-0.3, -0.25) is 4.79 Å². The first-order valence-electron chi connectivity index (χ1n) is 7.43. The first kappa shape index (κ1) is 15.1. The zero-order valence-electron chi connectivity index (χ0n) is 12.3. The molecule has 22 heavy (non-hydrogen) atoms. The monoisotopic (exact) mass is 318 g/mol. The molecule has 0 radical (unpaired) electrons. The number of carbonyl (C=O) groups is 1. The van der Waals surface area contributed by atoms with Crippen LogP contribution in [-0.2, 0) is 17.8 Å². The van der Waals surface area contributed by atoms with E-state index in [9.17, 15) is 4.79 Å². The van der Waals surface area contributed by atoms with E-state index in [4.69, 9.17) is 11.6 Å². The topological polar surface area (TPSA) is 61.0 Å². The molecule has 0 saturated carbocycles. The van der Waals surface area contributed by atoms with Gasteiger partial charge in [-0.05, 0) is 24.1 Å². The number of amides is 1. The van der Waals surface area contributed by atoms with Crippen LogP contribution in [0.1, 0.15) is 17.7 Å². The van der Waals surface area contributed by atoms with Crippen molar-refractivity contribution in [3.63, 3.8) is 0 Å². The smallest absolute Gasteiger partial charge is 0.224 e. The molecule has 1 aromatic carbocycles. The third-order valence-corrected chi connectivity index (χ3v) is 4.15. The molecule has 1 amide bonds. The Morgan fingerprint density at radius 3 is 3.14 bits per heavy atom. The predicted octanol–water partition coefficient (Wildman–Crippen LogP) is 2.00. The third-order valence-electron chi connectivity index (χ3n) is 3.91. The van der Waals surface area contributed by atoms with Gasteiger partial charge in [0.25, 0.3) is 0 Å². The van der Waals surface area contributed by atoms with Crippen molar-refractivity contribution in [3.8, 4) is 0 Å². The van der Waals surface area contributed by atoms with Gasteiger partial charge in [0.15, 0.2) is 0 Å². The number of halogens is 1. The van der Waals surface area contributed by atoms with Gasteiger partial charge in [0.05, 0.1) is 6.33 Å². The molecule has 116 valence electrons. The van der Waals surface area contributed by atoms with Crippen LogP contribution in [0.5, 0.6) is 0 Å². The number of H-pyrrole nitrogens is 1. The van der Waals surface area contributed by atoms with Crippen LogP contribution in [-0.4, -0.2) is 39.9 Å². The van der Waals surface area contributed by atoms with E-state index in [1.54, 1.807) is 12.5 Å².